The predicted molar refractivity (Wildman–Crippen MR) is 147 cm³/mol. The number of hydrogen-bond acceptors (Lipinski definition) is 9. The van der Waals surface area contributed by atoms with E-state index in [1.165, 1.54) is 17.0 Å². The number of benzene rings is 1. The van der Waals surface area contributed by atoms with Gasteiger partial charge in [0, 0.05) is 18.7 Å². The molecule has 18 heteroatoms. The summed E-state index contributed by atoms with van der Waals surface area (Å²) in [6, 6.07) is 2.52. The average Bonchev–Trinajstić information content (AvgIpc) is 3.63. The van der Waals surface area contributed by atoms with Gasteiger partial charge < -0.3 is 15.5 Å². The van der Waals surface area contributed by atoms with E-state index in [0.29, 0.717) is 31.0 Å². The van der Waals surface area contributed by atoms with E-state index in [4.69, 9.17) is 0 Å². The molecule has 236 valence electrons. The van der Waals surface area contributed by atoms with E-state index in [-0.39, 0.29) is 46.9 Å². The maximum absolute atomic E-state index is 13.6. The molecule has 0 spiro atoms. The minimum Gasteiger partial charge on any atom is -0.338 e. The Kier molecular flexibility index (Phi) is 11.0. The van der Waals surface area contributed by atoms with E-state index in [9.17, 15) is 40.4 Å². The number of amides is 3. The van der Waals surface area contributed by atoms with E-state index in [1.54, 1.807) is 0 Å². The fourth-order valence-corrected chi connectivity index (χ4v) is 6.87. The largest absolute Gasteiger partial charge is 0.338 e. The number of hydrogen-bond donors (Lipinski definition) is 3. The molecule has 0 unspecified atom stereocenters. The Balaban J connectivity index is 1.59. The molecule has 1 aliphatic carbocycles. The quantitative estimate of drug-likeness (QED) is 0.218. The molecule has 3 N–H and O–H groups in total. The third-order valence-corrected chi connectivity index (χ3v) is 9.45. The van der Waals surface area contributed by atoms with Crippen molar-refractivity contribution < 1.29 is 45.0 Å². The summed E-state index contributed by atoms with van der Waals surface area (Å²) in [7, 11) is -4.45. The van der Waals surface area contributed by atoms with Gasteiger partial charge in [0.05, 0.1) is 18.0 Å². The summed E-state index contributed by atoms with van der Waals surface area (Å²) >= 11 is 0.579. The van der Waals surface area contributed by atoms with E-state index >= 15 is 0 Å². The van der Waals surface area contributed by atoms with Crippen molar-refractivity contribution in [2.75, 3.05) is 29.1 Å². The summed E-state index contributed by atoms with van der Waals surface area (Å²) in [4.78, 5) is 40.0. The van der Waals surface area contributed by atoms with Crippen LogP contribution in [0.4, 0.5) is 28.9 Å². The van der Waals surface area contributed by atoms with Gasteiger partial charge in [-0.05, 0) is 53.7 Å². The fourth-order valence-electron chi connectivity index (χ4n) is 5.04. The molecule has 1 saturated heterocycles. The molecule has 2 fully saturated rings. The van der Waals surface area contributed by atoms with Gasteiger partial charge in [-0.25, -0.2) is 35.3 Å². The first kappa shape index (κ1) is 32.7. The van der Waals surface area contributed by atoms with Crippen molar-refractivity contribution in [2.24, 2.45) is 5.92 Å². The molecular weight excluding hydrogens is 620 g/mol. The second kappa shape index (κ2) is 14.5. The van der Waals surface area contributed by atoms with Gasteiger partial charge in [-0.1, -0.05) is 31.0 Å². The molecule has 0 radical (unpaired) electrons. The fraction of sp³-hybridized carbons (Fsp3) is 0.560. The lowest BCUT2D eigenvalue weighted by molar-refractivity contribution is -0.119. The molecular formula is C25H30F4N6O6S2. The molecule has 1 aromatic carbocycles. The summed E-state index contributed by atoms with van der Waals surface area (Å²) in [5, 5.41) is 12.1. The minimum atomic E-state index is -4.45. The third kappa shape index (κ3) is 8.44. The Bertz CT molecular complexity index is 1420. The molecule has 2 heterocycles. The van der Waals surface area contributed by atoms with Crippen molar-refractivity contribution in [1.29, 1.82) is 0 Å². The highest BCUT2D eigenvalue weighted by Crippen LogP contribution is 2.33. The van der Waals surface area contributed by atoms with Crippen LogP contribution in [-0.4, -0.2) is 74.2 Å². The maximum atomic E-state index is 13.6. The van der Waals surface area contributed by atoms with Crippen molar-refractivity contribution in [2.45, 2.75) is 73.8 Å². The summed E-state index contributed by atoms with van der Waals surface area (Å²) in [6.45, 7) is -0.938. The van der Waals surface area contributed by atoms with Crippen LogP contribution in [-0.2, 0) is 19.6 Å². The predicted octanol–water partition coefficient (Wildman–Crippen LogP) is 3.41. The zero-order valence-electron chi connectivity index (χ0n) is 22.7. The number of carbonyl (C=O) groups excluding carboxylic acids is 3. The highest BCUT2D eigenvalue weighted by Gasteiger charge is 2.34. The van der Waals surface area contributed by atoms with E-state index < -0.39 is 57.9 Å². The van der Waals surface area contributed by atoms with Gasteiger partial charge in [0.2, 0.25) is 34.0 Å². The van der Waals surface area contributed by atoms with E-state index in [0.717, 1.165) is 25.3 Å². The maximum Gasteiger partial charge on any atom is 0.277 e. The lowest BCUT2D eigenvalue weighted by atomic mass is 9.83. The lowest BCUT2D eigenvalue weighted by Gasteiger charge is -2.30. The van der Waals surface area contributed by atoms with Crippen LogP contribution >= 0.6 is 11.8 Å². The van der Waals surface area contributed by atoms with Gasteiger partial charge in [0.15, 0.2) is 5.03 Å². The number of alkyl halides is 4. The second-order valence-corrected chi connectivity index (χ2v) is 12.8. The van der Waals surface area contributed by atoms with Crippen molar-refractivity contribution in [1.82, 2.24) is 20.4 Å². The topological polar surface area (TPSA) is 164 Å². The SMILES string of the molecule is O=C(N[C@H](C(=O)Nc1ccc(S(=O)(=O)NCC(F)F)c(N2CCCC2=O)c1)C1CCCCC1)c1nonc1SCC(F)F. The average molecular weight is 651 g/mol. The molecule has 2 aliphatic rings. The highest BCUT2D eigenvalue weighted by molar-refractivity contribution is 7.99. The summed E-state index contributed by atoms with van der Waals surface area (Å²) < 4.78 is 82.9. The number of thioether (sulfide) groups is 1. The van der Waals surface area contributed by atoms with Crippen LogP contribution in [0.2, 0.25) is 0 Å². The van der Waals surface area contributed by atoms with Gasteiger partial charge in [0.25, 0.3) is 12.3 Å². The number of halogens is 4. The minimum absolute atomic E-state index is 0.0883. The normalized spacial score (nSPS) is 17.1. The molecule has 4 rings (SSSR count). The number of rotatable bonds is 13. The zero-order valence-corrected chi connectivity index (χ0v) is 24.4. The van der Waals surface area contributed by atoms with Gasteiger partial charge in [-0.2, -0.15) is 0 Å². The van der Waals surface area contributed by atoms with Crippen LogP contribution in [0.5, 0.6) is 0 Å². The highest BCUT2D eigenvalue weighted by atomic mass is 32.2. The molecule has 1 aliphatic heterocycles. The Morgan fingerprint density at radius 3 is 2.47 bits per heavy atom. The first-order valence-electron chi connectivity index (χ1n) is 13.5. The lowest BCUT2D eigenvalue weighted by Crippen LogP contribution is -2.49. The second-order valence-electron chi connectivity index (χ2n) is 10.0. The molecule has 1 aromatic heterocycles. The molecule has 3 amide bonds. The first-order chi connectivity index (χ1) is 20.5. The van der Waals surface area contributed by atoms with Gasteiger partial charge >= 0.3 is 0 Å². The Morgan fingerprint density at radius 2 is 1.81 bits per heavy atom. The first-order valence-corrected chi connectivity index (χ1v) is 16.0. The van der Waals surface area contributed by atoms with Crippen LogP contribution in [0.15, 0.2) is 32.7 Å². The van der Waals surface area contributed by atoms with Gasteiger partial charge in [0.1, 0.15) is 10.9 Å². The number of anilines is 2. The smallest absolute Gasteiger partial charge is 0.277 e. The van der Waals surface area contributed by atoms with E-state index in [1.807, 2.05) is 4.72 Å². The number of nitrogens with one attached hydrogen (secondary N) is 3. The number of nitrogens with zero attached hydrogens (tertiary/aromatic N) is 3. The number of aromatic nitrogens is 2. The van der Waals surface area contributed by atoms with Crippen LogP contribution < -0.4 is 20.3 Å². The zero-order chi connectivity index (χ0) is 31.1. The van der Waals surface area contributed by atoms with Crippen LogP contribution in [0.25, 0.3) is 0 Å². The summed E-state index contributed by atoms with van der Waals surface area (Å²) in [5.41, 5.74) is -0.339. The monoisotopic (exact) mass is 650 g/mol. The summed E-state index contributed by atoms with van der Waals surface area (Å²) in [5.74, 6) is -2.80. The molecule has 12 nitrogen and oxygen atoms in total. The Labute approximate surface area is 248 Å². The molecule has 43 heavy (non-hydrogen) atoms. The number of carbonyl (C=O) groups is 3. The Hall–Kier alpha value is -3.25. The summed E-state index contributed by atoms with van der Waals surface area (Å²) in [6.07, 6.45) is -1.21. The van der Waals surface area contributed by atoms with Crippen LogP contribution in [0, 0.1) is 5.92 Å². The van der Waals surface area contributed by atoms with Gasteiger partial charge in [-0.3, -0.25) is 14.4 Å². The van der Waals surface area contributed by atoms with Gasteiger partial charge in [-0.15, -0.1) is 0 Å². The van der Waals surface area contributed by atoms with E-state index in [2.05, 4.69) is 25.6 Å². The van der Waals surface area contributed by atoms with Crippen molar-refractivity contribution in [3.05, 3.63) is 23.9 Å². The number of sulfonamides is 1. The van der Waals surface area contributed by atoms with Crippen molar-refractivity contribution in [3.8, 4) is 0 Å². The van der Waals surface area contributed by atoms with Crippen LogP contribution in [0.1, 0.15) is 55.4 Å². The standard InChI is InChI=1S/C25H30F4N6O6S2/c26-18(27)12-30-43(39,40)17-9-8-15(11-16(17)35-10-4-7-20(35)36)31-23(37)21(14-5-2-1-3-6-14)32-24(38)22-25(34-41-33-22)42-13-19(28)29/h8-9,11,14,18-19,21,30H,1-7,10,12-13H2,(H,31,37)(H,32,38)/t21-/m0/s1. The molecule has 2 aromatic rings. The third-order valence-electron chi connectivity index (χ3n) is 7.02. The van der Waals surface area contributed by atoms with Crippen LogP contribution in [0.3, 0.4) is 0 Å². The van der Waals surface area contributed by atoms with Crippen molar-refractivity contribution >= 4 is 50.9 Å². The molecule has 1 atom stereocenters. The van der Waals surface area contributed by atoms with Crippen molar-refractivity contribution in [3.63, 3.8) is 0 Å². The Morgan fingerprint density at radius 1 is 1.07 bits per heavy atom. The molecule has 1 saturated carbocycles. The molecule has 0 bridgehead atoms.